The average molecular weight is 887 g/mol. The van der Waals surface area contributed by atoms with Crippen molar-refractivity contribution in [3.8, 4) is 0 Å². The third-order valence-corrected chi connectivity index (χ3v) is 13.3. The lowest BCUT2D eigenvalue weighted by Gasteiger charge is -2.22. The number of rotatable bonds is 42. The molecule has 0 aliphatic rings. The molecule has 11 nitrogen and oxygen atoms in total. The van der Waals surface area contributed by atoms with E-state index in [2.05, 4.69) is 73.8 Å². The predicted molar refractivity (Wildman–Crippen MR) is 243 cm³/mol. The van der Waals surface area contributed by atoms with E-state index < -0.39 is 41.1 Å². The van der Waals surface area contributed by atoms with Gasteiger partial charge in [0.25, 0.3) is 0 Å². The second-order valence-electron chi connectivity index (χ2n) is 19.6. The highest BCUT2D eigenvalue weighted by molar-refractivity contribution is 7.47. The Balaban J connectivity index is 4.69. The topological polar surface area (TPSA) is 161 Å². The summed E-state index contributed by atoms with van der Waals surface area (Å²) in [6.45, 7) is 22.8. The van der Waals surface area contributed by atoms with Gasteiger partial charge in [-0.05, 0) is 60.2 Å². The third-order valence-electron chi connectivity index (χ3n) is 11.8. The van der Waals surface area contributed by atoms with Gasteiger partial charge in [-0.1, -0.05) is 185 Å². The summed E-state index contributed by atoms with van der Waals surface area (Å²) in [6, 6.07) is 0. The summed E-state index contributed by atoms with van der Waals surface area (Å²) < 4.78 is 49.9. The zero-order valence-corrected chi connectivity index (χ0v) is 41.5. The lowest BCUT2D eigenvalue weighted by molar-refractivity contribution is -0.0492. The molecular formula is C46H96O11P2. The van der Waals surface area contributed by atoms with Crippen LogP contribution in [0.4, 0.5) is 0 Å². The molecule has 4 N–H and O–H groups in total. The van der Waals surface area contributed by atoms with Gasteiger partial charge in [0.1, 0.15) is 12.2 Å². The first-order valence-corrected chi connectivity index (χ1v) is 26.9. The van der Waals surface area contributed by atoms with Crippen molar-refractivity contribution in [3.05, 3.63) is 0 Å². The van der Waals surface area contributed by atoms with E-state index in [1.807, 2.05) is 0 Å². The maximum atomic E-state index is 12.6. The number of hydrogen-bond acceptors (Lipinski definition) is 8. The normalized spacial score (nSPS) is 17.8. The second kappa shape index (κ2) is 35.4. The van der Waals surface area contributed by atoms with Crippen LogP contribution in [0.15, 0.2) is 0 Å². The Morgan fingerprint density at radius 3 is 1.10 bits per heavy atom. The van der Waals surface area contributed by atoms with Crippen LogP contribution in [0, 0.1) is 47.3 Å². The molecule has 13 heteroatoms. The van der Waals surface area contributed by atoms with Gasteiger partial charge >= 0.3 is 15.6 Å². The SMILES string of the molecule is CC(C)CCCC(C)CCC[C@@H](C)CCC[C@@H](C)CCOC[C@@H](COP(=O)(O)OC[C@H](O)COP(=O)(O)O)OCC[C@H](C)CCC[C@H](C)CCCC(C)CCCC(C)C. The second-order valence-corrected chi connectivity index (χ2v) is 22.3. The van der Waals surface area contributed by atoms with Crippen LogP contribution in [-0.2, 0) is 32.2 Å². The van der Waals surface area contributed by atoms with Gasteiger partial charge in [-0.3, -0.25) is 13.6 Å². The highest BCUT2D eigenvalue weighted by Gasteiger charge is 2.27. The average Bonchev–Trinajstić information content (AvgIpc) is 3.13. The summed E-state index contributed by atoms with van der Waals surface area (Å²) in [5.74, 6) is 5.73. The first kappa shape index (κ1) is 59.1. The van der Waals surface area contributed by atoms with Crippen molar-refractivity contribution in [2.75, 3.05) is 39.6 Å². The molecule has 0 aliphatic heterocycles. The molecule has 0 radical (unpaired) electrons. The molecule has 0 bridgehead atoms. The molecule has 0 aromatic carbocycles. The summed E-state index contributed by atoms with van der Waals surface area (Å²) >= 11 is 0. The van der Waals surface area contributed by atoms with E-state index in [0.29, 0.717) is 25.0 Å². The first-order chi connectivity index (χ1) is 27.7. The first-order valence-electron chi connectivity index (χ1n) is 23.9. The minimum absolute atomic E-state index is 0.195. The van der Waals surface area contributed by atoms with E-state index in [9.17, 15) is 19.1 Å². The fraction of sp³-hybridized carbons (Fsp3) is 1.00. The van der Waals surface area contributed by atoms with Crippen LogP contribution in [0.5, 0.6) is 0 Å². The molecule has 0 saturated heterocycles. The Kier molecular flexibility index (Phi) is 35.5. The molecule has 0 fully saturated rings. The van der Waals surface area contributed by atoms with Crippen LogP contribution in [0.3, 0.4) is 0 Å². The molecule has 0 amide bonds. The molecule has 0 aromatic heterocycles. The van der Waals surface area contributed by atoms with Gasteiger partial charge in [0, 0.05) is 13.2 Å². The Labute approximate surface area is 363 Å². The number of phosphoric ester groups is 2. The zero-order valence-electron chi connectivity index (χ0n) is 39.7. The van der Waals surface area contributed by atoms with Gasteiger partial charge in [0.2, 0.25) is 0 Å². The Hall–Kier alpha value is 0.1000. The number of hydrogen-bond donors (Lipinski definition) is 4. The molecule has 0 aromatic rings. The van der Waals surface area contributed by atoms with Crippen LogP contribution >= 0.6 is 15.6 Å². The summed E-state index contributed by atoms with van der Waals surface area (Å²) in [5, 5.41) is 9.84. The zero-order chi connectivity index (χ0) is 44.7. The van der Waals surface area contributed by atoms with Gasteiger partial charge in [0.05, 0.1) is 26.4 Å². The van der Waals surface area contributed by atoms with Crippen molar-refractivity contribution >= 4 is 15.6 Å². The number of phosphoric acid groups is 2. The molecule has 0 saturated carbocycles. The van der Waals surface area contributed by atoms with Crippen LogP contribution in [-0.4, -0.2) is 71.6 Å². The predicted octanol–water partition coefficient (Wildman–Crippen LogP) is 12.9. The molecule has 356 valence electrons. The lowest BCUT2D eigenvalue weighted by Crippen LogP contribution is -2.27. The number of ether oxygens (including phenoxy) is 2. The molecule has 9 atom stereocenters. The Bertz CT molecular complexity index is 1060. The van der Waals surface area contributed by atoms with Crippen molar-refractivity contribution in [2.45, 2.75) is 210 Å². The maximum absolute atomic E-state index is 12.6. The molecule has 0 spiro atoms. The number of aliphatic hydroxyl groups is 1. The minimum atomic E-state index is -4.80. The summed E-state index contributed by atoms with van der Waals surface area (Å²) in [6.07, 6.45) is 22.8. The van der Waals surface area contributed by atoms with Crippen LogP contribution in [0.1, 0.15) is 198 Å². The van der Waals surface area contributed by atoms with E-state index in [-0.39, 0.29) is 13.2 Å². The molecule has 59 heavy (non-hydrogen) atoms. The van der Waals surface area contributed by atoms with E-state index in [1.165, 1.54) is 103 Å². The maximum Gasteiger partial charge on any atom is 0.472 e. The van der Waals surface area contributed by atoms with E-state index >= 15 is 0 Å². The van der Waals surface area contributed by atoms with Crippen LogP contribution < -0.4 is 0 Å². The van der Waals surface area contributed by atoms with Crippen molar-refractivity contribution in [1.29, 1.82) is 0 Å². The quantitative estimate of drug-likeness (QED) is 0.0341. The van der Waals surface area contributed by atoms with Crippen molar-refractivity contribution in [1.82, 2.24) is 0 Å². The molecular weight excluding hydrogens is 790 g/mol. The fourth-order valence-electron chi connectivity index (χ4n) is 7.58. The van der Waals surface area contributed by atoms with E-state index in [0.717, 1.165) is 61.2 Å². The van der Waals surface area contributed by atoms with Crippen molar-refractivity contribution in [3.63, 3.8) is 0 Å². The van der Waals surface area contributed by atoms with Crippen molar-refractivity contribution < 1.29 is 52.0 Å². The minimum Gasteiger partial charge on any atom is -0.388 e. The summed E-state index contributed by atoms with van der Waals surface area (Å²) in [4.78, 5) is 27.8. The molecule has 0 aliphatic carbocycles. The van der Waals surface area contributed by atoms with E-state index in [1.54, 1.807) is 0 Å². The third kappa shape index (κ3) is 40.6. The Morgan fingerprint density at radius 1 is 0.407 bits per heavy atom. The summed E-state index contributed by atoms with van der Waals surface area (Å²) in [7, 11) is -9.41. The van der Waals surface area contributed by atoms with Crippen LogP contribution in [0.2, 0.25) is 0 Å². The van der Waals surface area contributed by atoms with Gasteiger partial charge in [-0.2, -0.15) is 0 Å². The van der Waals surface area contributed by atoms with Gasteiger partial charge in [-0.25, -0.2) is 9.13 Å². The van der Waals surface area contributed by atoms with Gasteiger partial charge < -0.3 is 29.3 Å². The monoisotopic (exact) mass is 887 g/mol. The Morgan fingerprint density at radius 2 is 0.729 bits per heavy atom. The highest BCUT2D eigenvalue weighted by atomic mass is 31.2. The summed E-state index contributed by atoms with van der Waals surface area (Å²) in [5.41, 5.74) is 0. The van der Waals surface area contributed by atoms with Crippen LogP contribution in [0.25, 0.3) is 0 Å². The lowest BCUT2D eigenvalue weighted by atomic mass is 9.91. The standard InChI is InChI=1S/C46H96O11P2/c1-37(2)17-11-19-39(5)21-13-23-41(7)25-15-27-43(9)29-31-53-35-46(36-57-59(51,52)56-34-45(47)33-55-58(48,49)50)54-32-30-44(10)28-16-26-42(8)24-14-22-40(6)20-12-18-38(3)4/h37-47H,11-36H2,1-10H3,(H,51,52)(H2,48,49,50)/t39?,40?,41-,42-,43-,44-,45-,46+/m1/s1. The van der Waals surface area contributed by atoms with E-state index in [4.69, 9.17) is 28.3 Å². The van der Waals surface area contributed by atoms with Gasteiger partial charge in [0.15, 0.2) is 0 Å². The molecule has 0 heterocycles. The van der Waals surface area contributed by atoms with Gasteiger partial charge in [-0.15, -0.1) is 0 Å². The molecule has 3 unspecified atom stereocenters. The molecule has 0 rings (SSSR count). The largest absolute Gasteiger partial charge is 0.472 e. The highest BCUT2D eigenvalue weighted by Crippen LogP contribution is 2.44. The smallest absolute Gasteiger partial charge is 0.388 e. The fourth-order valence-corrected chi connectivity index (χ4v) is 8.74. The van der Waals surface area contributed by atoms with Crippen molar-refractivity contribution in [2.24, 2.45) is 47.3 Å². The number of aliphatic hydroxyl groups excluding tert-OH is 1.